The largest absolute Gasteiger partial charge is 0.285 e. The van der Waals surface area contributed by atoms with Gasteiger partial charge in [-0.05, 0) is 6.08 Å². The minimum absolute atomic E-state index is 0.913. The average Bonchev–Trinajstić information content (AvgIpc) is 2.34. The van der Waals surface area contributed by atoms with Crippen molar-refractivity contribution in [3.05, 3.63) is 24.0 Å². The van der Waals surface area contributed by atoms with Gasteiger partial charge in [-0.15, -0.1) is 0 Å². The molecule has 3 heteroatoms. The number of nitriles is 1. The summed E-state index contributed by atoms with van der Waals surface area (Å²) < 4.78 is 0. The lowest BCUT2D eigenvalue weighted by molar-refractivity contribution is 1.09. The quantitative estimate of drug-likeness (QED) is 0.559. The second kappa shape index (κ2) is 2.68. The number of H-pyrrole nitrogens is 1. The van der Waals surface area contributed by atoms with E-state index < -0.39 is 0 Å². The van der Waals surface area contributed by atoms with Crippen molar-refractivity contribution >= 4 is 6.08 Å². The molecular weight excluding hydrogens is 114 g/mol. The fraction of sp³-hybridized carbons (Fsp3) is 0. The van der Waals surface area contributed by atoms with E-state index in [4.69, 9.17) is 5.26 Å². The van der Waals surface area contributed by atoms with Crippen molar-refractivity contribution in [3.8, 4) is 6.07 Å². The van der Waals surface area contributed by atoms with Crippen LogP contribution in [0.5, 0.6) is 0 Å². The van der Waals surface area contributed by atoms with Crippen molar-refractivity contribution in [2.75, 3.05) is 0 Å². The zero-order valence-electron chi connectivity index (χ0n) is 4.70. The van der Waals surface area contributed by atoms with E-state index in [0.29, 0.717) is 0 Å². The Morgan fingerprint density at radius 1 is 1.78 bits per heavy atom. The minimum Gasteiger partial charge on any atom is -0.285 e. The molecule has 1 aromatic rings. The second-order valence-corrected chi connectivity index (χ2v) is 1.49. The van der Waals surface area contributed by atoms with Crippen LogP contribution in [0.4, 0.5) is 0 Å². The first-order chi connectivity index (χ1) is 4.43. The molecule has 0 unspecified atom stereocenters. The summed E-state index contributed by atoms with van der Waals surface area (Å²) in [7, 11) is 0. The van der Waals surface area contributed by atoms with Crippen LogP contribution in [-0.4, -0.2) is 10.2 Å². The van der Waals surface area contributed by atoms with Crippen LogP contribution in [0.2, 0.25) is 0 Å². The van der Waals surface area contributed by atoms with Crippen molar-refractivity contribution < 1.29 is 0 Å². The molecule has 1 heterocycles. The fourth-order valence-corrected chi connectivity index (χ4v) is 0.486. The molecule has 0 aliphatic rings. The van der Waals surface area contributed by atoms with Crippen LogP contribution in [0, 0.1) is 11.3 Å². The monoisotopic (exact) mass is 119 g/mol. The maximum atomic E-state index is 8.10. The Kier molecular flexibility index (Phi) is 1.66. The standard InChI is InChI=1S/C6H5N3/c7-3-1-2-6-4-8-9-5-6/h1-2,4-5H,(H,8,9). The summed E-state index contributed by atoms with van der Waals surface area (Å²) in [6.45, 7) is 0. The van der Waals surface area contributed by atoms with Crippen LogP contribution in [0.15, 0.2) is 18.5 Å². The number of nitrogens with one attached hydrogen (secondary N) is 1. The van der Waals surface area contributed by atoms with Crippen LogP contribution in [-0.2, 0) is 0 Å². The molecule has 1 rings (SSSR count). The molecule has 1 aromatic heterocycles. The molecule has 0 radical (unpaired) electrons. The van der Waals surface area contributed by atoms with E-state index in [0.717, 1.165) is 5.56 Å². The number of hydrogen-bond acceptors (Lipinski definition) is 2. The van der Waals surface area contributed by atoms with Crippen molar-refractivity contribution in [2.45, 2.75) is 0 Å². The highest BCUT2D eigenvalue weighted by Crippen LogP contribution is 1.94. The van der Waals surface area contributed by atoms with Gasteiger partial charge >= 0.3 is 0 Å². The lowest BCUT2D eigenvalue weighted by Crippen LogP contribution is -1.57. The molecule has 3 nitrogen and oxygen atoms in total. The van der Waals surface area contributed by atoms with Crippen LogP contribution >= 0.6 is 0 Å². The van der Waals surface area contributed by atoms with Gasteiger partial charge in [-0.25, -0.2) is 0 Å². The second-order valence-electron chi connectivity index (χ2n) is 1.49. The van der Waals surface area contributed by atoms with E-state index in [-0.39, 0.29) is 0 Å². The Hall–Kier alpha value is -1.56. The number of aromatic nitrogens is 2. The Labute approximate surface area is 52.6 Å². The third-order valence-electron chi connectivity index (χ3n) is 0.870. The van der Waals surface area contributed by atoms with Gasteiger partial charge in [-0.2, -0.15) is 10.4 Å². The highest BCUT2D eigenvalue weighted by molar-refractivity contribution is 5.49. The number of rotatable bonds is 1. The summed E-state index contributed by atoms with van der Waals surface area (Å²) in [5.41, 5.74) is 0.913. The summed E-state index contributed by atoms with van der Waals surface area (Å²) >= 11 is 0. The molecule has 0 amide bonds. The van der Waals surface area contributed by atoms with Crippen molar-refractivity contribution in [3.63, 3.8) is 0 Å². The normalized spacial score (nSPS) is 9.67. The summed E-state index contributed by atoms with van der Waals surface area (Å²) in [6.07, 6.45) is 6.45. The summed E-state index contributed by atoms with van der Waals surface area (Å²) in [5, 5.41) is 14.4. The predicted molar refractivity (Wildman–Crippen MR) is 33.2 cm³/mol. The maximum Gasteiger partial charge on any atom is 0.0912 e. The average molecular weight is 119 g/mol. The van der Waals surface area contributed by atoms with Crippen LogP contribution < -0.4 is 0 Å². The van der Waals surface area contributed by atoms with E-state index in [1.165, 1.54) is 6.08 Å². The van der Waals surface area contributed by atoms with E-state index in [9.17, 15) is 0 Å². The van der Waals surface area contributed by atoms with Crippen molar-refractivity contribution in [2.24, 2.45) is 0 Å². The third-order valence-corrected chi connectivity index (χ3v) is 0.870. The molecule has 9 heavy (non-hydrogen) atoms. The molecule has 0 atom stereocenters. The van der Waals surface area contributed by atoms with Crippen molar-refractivity contribution in [1.29, 1.82) is 5.26 Å². The molecule has 0 fully saturated rings. The molecule has 44 valence electrons. The van der Waals surface area contributed by atoms with Crippen LogP contribution in [0.25, 0.3) is 6.08 Å². The van der Waals surface area contributed by atoms with E-state index in [1.54, 1.807) is 18.5 Å². The van der Waals surface area contributed by atoms with Crippen LogP contribution in [0.3, 0.4) is 0 Å². The van der Waals surface area contributed by atoms with E-state index in [2.05, 4.69) is 10.2 Å². The molecule has 0 bridgehead atoms. The minimum atomic E-state index is 0.913. The predicted octanol–water partition coefficient (Wildman–Crippen LogP) is 0.946. The van der Waals surface area contributed by atoms with Crippen LogP contribution in [0.1, 0.15) is 5.56 Å². The van der Waals surface area contributed by atoms with Crippen molar-refractivity contribution in [1.82, 2.24) is 10.2 Å². The fourth-order valence-electron chi connectivity index (χ4n) is 0.486. The number of allylic oxidation sites excluding steroid dienone is 1. The summed E-state index contributed by atoms with van der Waals surface area (Å²) in [5.74, 6) is 0. The molecule has 0 saturated carbocycles. The van der Waals surface area contributed by atoms with Gasteiger partial charge in [0.1, 0.15) is 0 Å². The Bertz CT molecular complexity index is 227. The number of nitrogens with zero attached hydrogens (tertiary/aromatic N) is 2. The molecule has 0 aliphatic carbocycles. The zero-order chi connectivity index (χ0) is 6.53. The number of hydrogen-bond donors (Lipinski definition) is 1. The zero-order valence-corrected chi connectivity index (χ0v) is 4.70. The smallest absolute Gasteiger partial charge is 0.0912 e. The molecular formula is C6H5N3. The summed E-state index contributed by atoms with van der Waals surface area (Å²) in [4.78, 5) is 0. The van der Waals surface area contributed by atoms with Gasteiger partial charge in [-0.3, -0.25) is 5.10 Å². The summed E-state index contributed by atoms with van der Waals surface area (Å²) in [6, 6.07) is 1.88. The lowest BCUT2D eigenvalue weighted by Gasteiger charge is -1.71. The highest BCUT2D eigenvalue weighted by Gasteiger charge is 1.81. The third kappa shape index (κ3) is 1.42. The van der Waals surface area contributed by atoms with Gasteiger partial charge in [0.25, 0.3) is 0 Å². The van der Waals surface area contributed by atoms with Gasteiger partial charge in [0.15, 0.2) is 0 Å². The molecule has 0 saturated heterocycles. The molecule has 1 N–H and O–H groups in total. The van der Waals surface area contributed by atoms with Gasteiger partial charge < -0.3 is 0 Å². The Balaban J connectivity index is 2.71. The SMILES string of the molecule is N#CC=Cc1cn[nH]c1. The van der Waals surface area contributed by atoms with Gasteiger partial charge in [0.2, 0.25) is 0 Å². The Morgan fingerprint density at radius 3 is 3.22 bits per heavy atom. The van der Waals surface area contributed by atoms with E-state index >= 15 is 0 Å². The first kappa shape index (κ1) is 5.57. The Morgan fingerprint density at radius 2 is 2.67 bits per heavy atom. The van der Waals surface area contributed by atoms with E-state index in [1.807, 2.05) is 6.07 Å². The molecule has 0 aromatic carbocycles. The van der Waals surface area contributed by atoms with Gasteiger partial charge in [0.05, 0.1) is 12.3 Å². The van der Waals surface area contributed by atoms with Gasteiger partial charge in [-0.1, -0.05) is 0 Å². The molecule has 0 aliphatic heterocycles. The first-order valence-corrected chi connectivity index (χ1v) is 2.48. The topological polar surface area (TPSA) is 52.5 Å². The lowest BCUT2D eigenvalue weighted by atomic mass is 10.3. The molecule has 0 spiro atoms. The first-order valence-electron chi connectivity index (χ1n) is 2.48. The van der Waals surface area contributed by atoms with Gasteiger partial charge in [0, 0.05) is 17.8 Å². The number of aromatic amines is 1. The highest BCUT2D eigenvalue weighted by atomic mass is 15.1. The maximum absolute atomic E-state index is 8.10.